The number of hydrogen-bond donors (Lipinski definition) is 1. The second-order valence-corrected chi connectivity index (χ2v) is 6.12. The van der Waals surface area contributed by atoms with Gasteiger partial charge in [0, 0.05) is 19.0 Å². The van der Waals surface area contributed by atoms with Crippen LogP contribution in [0.25, 0.3) is 0 Å². The molecule has 1 rings (SSSR count). The molecule has 0 spiro atoms. The average molecular weight is 286 g/mol. The molecule has 0 amide bonds. The molecule has 1 N–H and O–H groups in total. The highest BCUT2D eigenvalue weighted by Crippen LogP contribution is 2.28. The minimum atomic E-state index is -0.954. The third-order valence-corrected chi connectivity index (χ3v) is 3.83. The minimum absolute atomic E-state index is 0.214. The standard InChI is InChI=1S/C13H22N2O3S/c1-9(2)18-7-6-15(5)12-14-10(8-19-12)13(3,4)11(16)17/h8-9H,6-7H2,1-5H3,(H,16,17). The molecule has 0 aliphatic heterocycles. The van der Waals surface area contributed by atoms with Crippen LogP contribution in [-0.4, -0.2) is 42.4 Å². The van der Waals surface area contributed by atoms with E-state index in [1.54, 1.807) is 13.8 Å². The van der Waals surface area contributed by atoms with E-state index in [2.05, 4.69) is 4.98 Å². The first-order valence-electron chi connectivity index (χ1n) is 6.27. The van der Waals surface area contributed by atoms with Crippen LogP contribution < -0.4 is 4.90 Å². The number of aliphatic carboxylic acids is 1. The molecule has 0 aliphatic rings. The van der Waals surface area contributed by atoms with Gasteiger partial charge in [0.05, 0.1) is 18.4 Å². The summed E-state index contributed by atoms with van der Waals surface area (Å²) in [4.78, 5) is 17.6. The Labute approximate surface area is 118 Å². The molecule has 1 aromatic heterocycles. The summed E-state index contributed by atoms with van der Waals surface area (Å²) < 4.78 is 5.49. The number of carbonyl (C=O) groups is 1. The van der Waals surface area contributed by atoms with Crippen LogP contribution in [0.15, 0.2) is 5.38 Å². The summed E-state index contributed by atoms with van der Waals surface area (Å²) in [7, 11) is 1.93. The van der Waals surface area contributed by atoms with Gasteiger partial charge in [-0.25, -0.2) is 4.98 Å². The maximum Gasteiger partial charge on any atom is 0.315 e. The van der Waals surface area contributed by atoms with Gasteiger partial charge >= 0.3 is 5.97 Å². The molecule has 0 aromatic carbocycles. The van der Waals surface area contributed by atoms with Gasteiger partial charge in [-0.05, 0) is 27.7 Å². The van der Waals surface area contributed by atoms with E-state index >= 15 is 0 Å². The Bertz CT molecular complexity index is 429. The molecule has 0 fully saturated rings. The Morgan fingerprint density at radius 3 is 2.74 bits per heavy atom. The van der Waals surface area contributed by atoms with Crippen LogP contribution in [-0.2, 0) is 14.9 Å². The lowest BCUT2D eigenvalue weighted by Crippen LogP contribution is -2.29. The molecule has 0 saturated carbocycles. The van der Waals surface area contributed by atoms with Crippen molar-refractivity contribution in [3.63, 3.8) is 0 Å². The molecule has 1 heterocycles. The lowest BCUT2D eigenvalue weighted by Gasteiger charge is -2.18. The first-order chi connectivity index (χ1) is 8.75. The first kappa shape index (κ1) is 15.9. The molecule has 0 saturated heterocycles. The number of carboxylic acids is 1. The van der Waals surface area contributed by atoms with E-state index in [0.29, 0.717) is 12.3 Å². The van der Waals surface area contributed by atoms with Crippen LogP contribution >= 0.6 is 11.3 Å². The summed E-state index contributed by atoms with van der Waals surface area (Å²) in [5.41, 5.74) is -0.360. The van der Waals surface area contributed by atoms with Crippen molar-refractivity contribution in [1.82, 2.24) is 4.98 Å². The number of likely N-dealkylation sites (N-methyl/N-ethyl adjacent to an activating group) is 1. The van der Waals surface area contributed by atoms with Gasteiger partial charge in [0.25, 0.3) is 0 Å². The van der Waals surface area contributed by atoms with Gasteiger partial charge in [0.2, 0.25) is 0 Å². The second-order valence-electron chi connectivity index (χ2n) is 5.29. The quantitative estimate of drug-likeness (QED) is 0.833. The maximum absolute atomic E-state index is 11.2. The summed E-state index contributed by atoms with van der Waals surface area (Å²) in [6, 6.07) is 0. The lowest BCUT2D eigenvalue weighted by atomic mass is 9.90. The van der Waals surface area contributed by atoms with Crippen molar-refractivity contribution in [3.8, 4) is 0 Å². The molecule has 0 radical (unpaired) electrons. The van der Waals surface area contributed by atoms with Crippen molar-refractivity contribution in [1.29, 1.82) is 0 Å². The number of thiazole rings is 1. The lowest BCUT2D eigenvalue weighted by molar-refractivity contribution is -0.142. The van der Waals surface area contributed by atoms with Crippen LogP contribution in [0.4, 0.5) is 5.13 Å². The molecular formula is C13H22N2O3S. The number of rotatable bonds is 7. The van der Waals surface area contributed by atoms with E-state index in [1.807, 2.05) is 31.2 Å². The molecule has 0 atom stereocenters. The zero-order valence-corrected chi connectivity index (χ0v) is 13.0. The van der Waals surface area contributed by atoms with Gasteiger partial charge in [-0.1, -0.05) is 0 Å². The van der Waals surface area contributed by atoms with Crippen molar-refractivity contribution in [2.45, 2.75) is 39.2 Å². The predicted molar refractivity (Wildman–Crippen MR) is 77.1 cm³/mol. The fourth-order valence-electron chi connectivity index (χ4n) is 1.36. The third-order valence-electron chi connectivity index (χ3n) is 2.87. The summed E-state index contributed by atoms with van der Waals surface area (Å²) in [6.45, 7) is 8.68. The van der Waals surface area contributed by atoms with Crippen LogP contribution in [0.5, 0.6) is 0 Å². The normalized spacial score (nSPS) is 11.9. The molecule has 1 aromatic rings. The predicted octanol–water partition coefficient (Wildman–Crippen LogP) is 2.37. The van der Waals surface area contributed by atoms with Crippen LogP contribution in [0.3, 0.4) is 0 Å². The zero-order chi connectivity index (χ0) is 14.6. The summed E-state index contributed by atoms with van der Waals surface area (Å²) in [5.74, 6) is -0.866. The second kappa shape index (κ2) is 6.34. The van der Waals surface area contributed by atoms with Crippen LogP contribution in [0, 0.1) is 0 Å². The molecule has 0 bridgehead atoms. The smallest absolute Gasteiger partial charge is 0.315 e. The number of ether oxygens (including phenoxy) is 1. The van der Waals surface area contributed by atoms with Crippen LogP contribution in [0.1, 0.15) is 33.4 Å². The van der Waals surface area contributed by atoms with E-state index in [-0.39, 0.29) is 6.10 Å². The van der Waals surface area contributed by atoms with E-state index in [4.69, 9.17) is 4.74 Å². The largest absolute Gasteiger partial charge is 0.481 e. The van der Waals surface area contributed by atoms with Crippen molar-refractivity contribution in [2.24, 2.45) is 0 Å². The van der Waals surface area contributed by atoms with Crippen molar-refractivity contribution >= 4 is 22.4 Å². The Morgan fingerprint density at radius 1 is 1.58 bits per heavy atom. The Kier molecular flexibility index (Phi) is 5.31. The third kappa shape index (κ3) is 4.18. The first-order valence-corrected chi connectivity index (χ1v) is 7.15. The SMILES string of the molecule is CC(C)OCCN(C)c1nc(C(C)(C)C(=O)O)cs1. The van der Waals surface area contributed by atoms with E-state index < -0.39 is 11.4 Å². The molecule has 5 nitrogen and oxygen atoms in total. The number of aromatic nitrogens is 1. The molecule has 19 heavy (non-hydrogen) atoms. The monoisotopic (exact) mass is 286 g/mol. The van der Waals surface area contributed by atoms with Gasteiger partial charge in [0.1, 0.15) is 5.41 Å². The van der Waals surface area contributed by atoms with Gasteiger partial charge in [-0.15, -0.1) is 11.3 Å². The molecule has 0 unspecified atom stereocenters. The fourth-order valence-corrected chi connectivity index (χ4v) is 2.34. The van der Waals surface area contributed by atoms with Crippen molar-refractivity contribution < 1.29 is 14.6 Å². The summed E-state index contributed by atoms with van der Waals surface area (Å²) in [6.07, 6.45) is 0.214. The van der Waals surface area contributed by atoms with E-state index in [9.17, 15) is 9.90 Å². The van der Waals surface area contributed by atoms with Gasteiger partial charge in [0.15, 0.2) is 5.13 Å². The molecule has 0 aliphatic carbocycles. The van der Waals surface area contributed by atoms with Crippen molar-refractivity contribution in [2.75, 3.05) is 25.1 Å². The van der Waals surface area contributed by atoms with Gasteiger partial charge in [-0.3, -0.25) is 4.79 Å². The highest BCUT2D eigenvalue weighted by atomic mass is 32.1. The number of anilines is 1. The summed E-state index contributed by atoms with van der Waals surface area (Å²) >= 11 is 1.46. The Balaban J connectivity index is 2.66. The highest BCUT2D eigenvalue weighted by Gasteiger charge is 2.32. The highest BCUT2D eigenvalue weighted by molar-refractivity contribution is 7.13. The summed E-state index contributed by atoms with van der Waals surface area (Å²) in [5, 5.41) is 11.8. The van der Waals surface area contributed by atoms with E-state index in [0.717, 1.165) is 11.7 Å². The topological polar surface area (TPSA) is 62.7 Å². The molecule has 6 heteroatoms. The number of hydrogen-bond acceptors (Lipinski definition) is 5. The van der Waals surface area contributed by atoms with Gasteiger partial charge in [-0.2, -0.15) is 0 Å². The van der Waals surface area contributed by atoms with E-state index in [1.165, 1.54) is 11.3 Å². The molecular weight excluding hydrogens is 264 g/mol. The average Bonchev–Trinajstić information content (AvgIpc) is 2.77. The van der Waals surface area contributed by atoms with Crippen LogP contribution in [0.2, 0.25) is 0 Å². The number of carboxylic acid groups (broad SMARTS) is 1. The molecule has 108 valence electrons. The Morgan fingerprint density at radius 2 is 2.21 bits per heavy atom. The number of nitrogens with zero attached hydrogens (tertiary/aromatic N) is 2. The fraction of sp³-hybridized carbons (Fsp3) is 0.692. The Hall–Kier alpha value is -1.14. The zero-order valence-electron chi connectivity index (χ0n) is 12.1. The van der Waals surface area contributed by atoms with Gasteiger partial charge < -0.3 is 14.7 Å². The minimum Gasteiger partial charge on any atom is -0.481 e. The maximum atomic E-state index is 11.2. The van der Waals surface area contributed by atoms with Crippen molar-refractivity contribution in [3.05, 3.63) is 11.1 Å².